The van der Waals surface area contributed by atoms with Crippen molar-refractivity contribution in [1.82, 2.24) is 9.80 Å². The zero-order valence-corrected chi connectivity index (χ0v) is 18.7. The number of nitrogens with zero attached hydrogens (tertiary/aromatic N) is 3. The lowest BCUT2D eigenvalue weighted by Crippen LogP contribution is -2.60. The first kappa shape index (κ1) is 22.6. The molecule has 0 bridgehead atoms. The van der Waals surface area contributed by atoms with Crippen LogP contribution < -0.4 is 11.5 Å². The van der Waals surface area contributed by atoms with E-state index in [0.29, 0.717) is 30.4 Å². The van der Waals surface area contributed by atoms with Crippen molar-refractivity contribution >= 4 is 17.6 Å². The van der Waals surface area contributed by atoms with Gasteiger partial charge in [-0.1, -0.05) is 48.7 Å². The Morgan fingerprint density at radius 3 is 2.47 bits per heavy atom. The van der Waals surface area contributed by atoms with Gasteiger partial charge in [0, 0.05) is 18.7 Å². The Labute approximate surface area is 189 Å². The second-order valence-electron chi connectivity index (χ2n) is 9.50. The molecule has 32 heavy (non-hydrogen) atoms. The van der Waals surface area contributed by atoms with E-state index in [1.165, 1.54) is 19.3 Å². The molecule has 1 aromatic rings. The number of likely N-dealkylation sites (tertiary alicyclic amines) is 2. The molecule has 0 spiro atoms. The Morgan fingerprint density at radius 2 is 1.75 bits per heavy atom. The number of amidine groups is 1. The Hall–Kier alpha value is -2.61. The van der Waals surface area contributed by atoms with E-state index in [0.717, 1.165) is 44.3 Å². The van der Waals surface area contributed by atoms with Crippen LogP contribution in [0, 0.1) is 11.8 Å². The Kier molecular flexibility index (Phi) is 6.98. The van der Waals surface area contributed by atoms with Crippen LogP contribution in [-0.2, 0) is 16.0 Å². The summed E-state index contributed by atoms with van der Waals surface area (Å²) in [4.78, 5) is 29.8. The molecule has 0 radical (unpaired) electrons. The molecule has 4 rings (SSSR count). The third-order valence-corrected chi connectivity index (χ3v) is 7.72. The van der Waals surface area contributed by atoms with Crippen LogP contribution in [0.5, 0.6) is 0 Å². The van der Waals surface area contributed by atoms with Gasteiger partial charge in [0.1, 0.15) is 6.04 Å². The molecular weight excluding hydrogens is 406 g/mol. The molecule has 8 nitrogen and oxygen atoms in total. The monoisotopic (exact) mass is 441 g/mol. The fourth-order valence-corrected chi connectivity index (χ4v) is 6.01. The van der Waals surface area contributed by atoms with E-state index in [9.17, 15) is 9.59 Å². The number of amides is 2. The van der Waals surface area contributed by atoms with Gasteiger partial charge >= 0.3 is 0 Å². The van der Waals surface area contributed by atoms with Crippen LogP contribution in [0.3, 0.4) is 0 Å². The van der Waals surface area contributed by atoms with Gasteiger partial charge in [0.15, 0.2) is 5.84 Å². The molecule has 8 heteroatoms. The van der Waals surface area contributed by atoms with E-state index in [1.54, 1.807) is 4.90 Å². The lowest BCUT2D eigenvalue weighted by molar-refractivity contribution is -0.147. The number of hydrogen-bond donors (Lipinski definition) is 3. The predicted octanol–water partition coefficient (Wildman–Crippen LogP) is 1.68. The summed E-state index contributed by atoms with van der Waals surface area (Å²) < 4.78 is 0. The predicted molar refractivity (Wildman–Crippen MR) is 122 cm³/mol. The van der Waals surface area contributed by atoms with Gasteiger partial charge in [0.05, 0.1) is 6.04 Å². The van der Waals surface area contributed by atoms with Gasteiger partial charge in [-0.2, -0.15) is 0 Å². The third-order valence-electron chi connectivity index (χ3n) is 7.72. The molecule has 1 saturated carbocycles. The summed E-state index contributed by atoms with van der Waals surface area (Å²) in [5.74, 6) is 0.774. The molecule has 2 aliphatic heterocycles. The maximum absolute atomic E-state index is 13.8. The number of carbonyl (C=O) groups excluding carboxylic acids is 2. The second kappa shape index (κ2) is 9.90. The lowest BCUT2D eigenvalue weighted by Gasteiger charge is -2.48. The molecular formula is C24H35N5O3. The van der Waals surface area contributed by atoms with E-state index < -0.39 is 6.04 Å². The highest BCUT2D eigenvalue weighted by molar-refractivity contribution is 5.97. The summed E-state index contributed by atoms with van der Waals surface area (Å²) in [6.45, 7) is 2.33. The first-order valence-electron chi connectivity index (χ1n) is 11.9. The largest absolute Gasteiger partial charge is 0.409 e. The normalized spacial score (nSPS) is 29.0. The van der Waals surface area contributed by atoms with Crippen LogP contribution >= 0.6 is 0 Å². The van der Waals surface area contributed by atoms with Crippen molar-refractivity contribution in [2.75, 3.05) is 19.6 Å². The van der Waals surface area contributed by atoms with Crippen molar-refractivity contribution in [3.05, 3.63) is 35.4 Å². The standard InChI is InChI=1S/C24H35N5O3/c25-22(27-32)18-9-7-16(8-10-18)11-14-28-15-12-17-4-1-2-5-19(17)21(28)24(31)29-13-3-6-20(29)23(26)30/h7-10,17,19-21,32H,1-6,11-15H2,(H2,25,27)(H2,26,30)/t17-,19-,20-,21+/m0/s1. The number of fused-ring (bicyclic) bond motifs is 1. The minimum atomic E-state index is -0.459. The summed E-state index contributed by atoms with van der Waals surface area (Å²) in [7, 11) is 0. The second-order valence-corrected chi connectivity index (χ2v) is 9.50. The fourth-order valence-electron chi connectivity index (χ4n) is 6.01. The van der Waals surface area contributed by atoms with Gasteiger partial charge in [-0.25, -0.2) is 0 Å². The molecule has 3 aliphatic rings. The van der Waals surface area contributed by atoms with Crippen LogP contribution in [0.25, 0.3) is 0 Å². The zero-order chi connectivity index (χ0) is 22.7. The topological polar surface area (TPSA) is 125 Å². The van der Waals surface area contributed by atoms with Gasteiger partial charge in [0.25, 0.3) is 0 Å². The van der Waals surface area contributed by atoms with Gasteiger partial charge < -0.3 is 21.6 Å². The molecule has 3 fully saturated rings. The highest BCUT2D eigenvalue weighted by Gasteiger charge is 2.46. The minimum absolute atomic E-state index is 0.0937. The summed E-state index contributed by atoms with van der Waals surface area (Å²) in [5, 5.41) is 11.9. The number of nitrogens with two attached hydrogens (primary N) is 2. The summed E-state index contributed by atoms with van der Waals surface area (Å²) in [6, 6.07) is 7.05. The smallest absolute Gasteiger partial charge is 0.240 e. The van der Waals surface area contributed by atoms with E-state index in [2.05, 4.69) is 10.1 Å². The van der Waals surface area contributed by atoms with Crippen molar-refractivity contribution in [2.45, 2.75) is 63.5 Å². The van der Waals surface area contributed by atoms with Crippen LogP contribution in [0.4, 0.5) is 0 Å². The fraction of sp³-hybridized carbons (Fsp3) is 0.625. The van der Waals surface area contributed by atoms with E-state index in [4.69, 9.17) is 16.7 Å². The number of piperidine rings is 1. The number of benzene rings is 1. The number of carbonyl (C=O) groups is 2. The number of oxime groups is 1. The quantitative estimate of drug-likeness (QED) is 0.268. The number of primary amides is 1. The average molecular weight is 442 g/mol. The van der Waals surface area contributed by atoms with Crippen molar-refractivity contribution in [3.8, 4) is 0 Å². The van der Waals surface area contributed by atoms with Crippen LogP contribution in [0.2, 0.25) is 0 Å². The van der Waals surface area contributed by atoms with Crippen LogP contribution in [0.1, 0.15) is 56.1 Å². The maximum atomic E-state index is 13.8. The SMILES string of the molecule is NC(=O)[C@@H]1CCCN1C(=O)[C@H]1[C@H]2CCCC[C@H]2CCN1CCc1ccc(C(N)=NO)cc1. The Morgan fingerprint density at radius 1 is 1.00 bits per heavy atom. The van der Waals surface area contributed by atoms with Crippen molar-refractivity contribution in [3.63, 3.8) is 0 Å². The highest BCUT2D eigenvalue weighted by atomic mass is 16.4. The maximum Gasteiger partial charge on any atom is 0.240 e. The average Bonchev–Trinajstić information content (AvgIpc) is 3.32. The molecule has 4 atom stereocenters. The van der Waals surface area contributed by atoms with Crippen LogP contribution in [0.15, 0.2) is 29.4 Å². The molecule has 1 aromatic carbocycles. The van der Waals surface area contributed by atoms with Gasteiger partial charge in [-0.3, -0.25) is 14.5 Å². The molecule has 174 valence electrons. The van der Waals surface area contributed by atoms with Gasteiger partial charge in [-0.05, 0) is 56.0 Å². The molecule has 2 heterocycles. The highest BCUT2D eigenvalue weighted by Crippen LogP contribution is 2.41. The van der Waals surface area contributed by atoms with Crippen LogP contribution in [-0.4, -0.2) is 64.4 Å². The summed E-state index contributed by atoms with van der Waals surface area (Å²) >= 11 is 0. The molecule has 2 saturated heterocycles. The molecule has 1 aliphatic carbocycles. The third kappa shape index (κ3) is 4.60. The Balaban J connectivity index is 1.50. The zero-order valence-electron chi connectivity index (χ0n) is 18.7. The van der Waals surface area contributed by atoms with E-state index >= 15 is 0 Å². The molecule has 5 N–H and O–H groups in total. The first-order chi connectivity index (χ1) is 15.5. The van der Waals surface area contributed by atoms with Gasteiger partial charge in [-0.15, -0.1) is 0 Å². The summed E-state index contributed by atoms with van der Waals surface area (Å²) in [6.07, 6.45) is 8.18. The minimum Gasteiger partial charge on any atom is -0.409 e. The van der Waals surface area contributed by atoms with E-state index in [-0.39, 0.29) is 23.7 Å². The van der Waals surface area contributed by atoms with E-state index in [1.807, 2.05) is 24.3 Å². The summed E-state index contributed by atoms with van der Waals surface area (Å²) in [5.41, 5.74) is 13.1. The molecule has 0 aromatic heterocycles. The molecule has 2 amide bonds. The van der Waals surface area contributed by atoms with Crippen molar-refractivity contribution in [2.24, 2.45) is 28.5 Å². The molecule has 0 unspecified atom stereocenters. The van der Waals surface area contributed by atoms with Crippen molar-refractivity contribution < 1.29 is 14.8 Å². The van der Waals surface area contributed by atoms with Gasteiger partial charge in [0.2, 0.25) is 11.8 Å². The Bertz CT molecular complexity index is 856. The number of rotatable bonds is 6. The van der Waals surface area contributed by atoms with Crippen molar-refractivity contribution in [1.29, 1.82) is 0 Å². The first-order valence-corrected chi connectivity index (χ1v) is 11.9. The lowest BCUT2D eigenvalue weighted by atomic mass is 9.70. The number of hydrogen-bond acceptors (Lipinski definition) is 5.